The molecule has 0 atom stereocenters. The van der Waals surface area contributed by atoms with Gasteiger partial charge in [0.05, 0.1) is 0 Å². The second-order valence-electron chi connectivity index (χ2n) is 16.8. The van der Waals surface area contributed by atoms with E-state index in [0.29, 0.717) is 0 Å². The van der Waals surface area contributed by atoms with E-state index in [9.17, 15) is 5.53 Å². The van der Waals surface area contributed by atoms with E-state index >= 15 is 0 Å². The van der Waals surface area contributed by atoms with E-state index in [-0.39, 0.29) is 16.5 Å². The van der Waals surface area contributed by atoms with Crippen LogP contribution in [0.1, 0.15) is 241 Å². The monoisotopic (exact) mass is 795 g/mol. The summed E-state index contributed by atoms with van der Waals surface area (Å²) in [6.45, 7) is 18.6. The molecule has 2 aromatic carbocycles. The molecule has 1 aliphatic rings. The Hall–Kier alpha value is -1.99. The molecule has 0 aromatic heterocycles. The molecule has 2 nitrogen and oxygen atoms in total. The van der Waals surface area contributed by atoms with Crippen LogP contribution in [0, 0.1) is 0 Å². The van der Waals surface area contributed by atoms with Crippen molar-refractivity contribution in [3.8, 4) is 0 Å². The van der Waals surface area contributed by atoms with E-state index < -0.39 is 0 Å². The van der Waals surface area contributed by atoms with Crippen LogP contribution < -0.4 is 0 Å². The molecule has 1 aliphatic heterocycles. The number of benzene rings is 2. The zero-order chi connectivity index (χ0) is 39.1. The van der Waals surface area contributed by atoms with E-state index in [4.69, 9.17) is 0 Å². The van der Waals surface area contributed by atoms with Crippen LogP contribution in [-0.2, 0) is 55.0 Å². The Morgan fingerprint density at radius 2 is 0.618 bits per heavy atom. The molecule has 0 fully saturated rings. The van der Waals surface area contributed by atoms with Crippen LogP contribution >= 0.6 is 0 Å². The van der Waals surface area contributed by atoms with Gasteiger partial charge in [-0.2, -0.15) is 0 Å². The summed E-state index contributed by atoms with van der Waals surface area (Å²) in [7, 11) is 0. The zero-order valence-electron chi connectivity index (χ0n) is 37.3. The van der Waals surface area contributed by atoms with Crippen molar-refractivity contribution < 1.29 is 21.2 Å². The van der Waals surface area contributed by atoms with Crippen molar-refractivity contribution >= 4 is 11.4 Å². The van der Waals surface area contributed by atoms with E-state index in [2.05, 4.69) is 79.7 Å². The molecule has 1 heterocycles. The van der Waals surface area contributed by atoms with Crippen LogP contribution in [0.5, 0.6) is 0 Å². The average molecular weight is 796 g/mol. The first-order valence-corrected chi connectivity index (χ1v) is 23.7. The first-order chi connectivity index (χ1) is 26.4. The van der Waals surface area contributed by atoms with E-state index in [1.165, 1.54) is 151 Å². The van der Waals surface area contributed by atoms with Crippen LogP contribution in [0.25, 0.3) is 16.9 Å². The number of hydrogen-bond donors (Lipinski definition) is 0. The van der Waals surface area contributed by atoms with Crippen molar-refractivity contribution in [3.63, 3.8) is 0 Å². The fourth-order valence-corrected chi connectivity index (χ4v) is 8.80. The second kappa shape index (κ2) is 28.4. The molecule has 2 aromatic rings. The first-order valence-electron chi connectivity index (χ1n) is 23.7. The van der Waals surface area contributed by atoms with Crippen LogP contribution in [0.4, 0.5) is 0 Å². The molecule has 0 unspecified atom stereocenters. The Kier molecular flexibility index (Phi) is 25.4. The molecule has 0 saturated heterocycles. The summed E-state index contributed by atoms with van der Waals surface area (Å²) in [5.41, 5.74) is 29.8. The number of nitrogens with zero attached hydrogens (tertiary/aromatic N) is 2. The first kappa shape index (κ1) is 49.2. The maximum atomic E-state index is 12.9. The third-order valence-electron chi connectivity index (χ3n) is 12.1. The molecule has 312 valence electrons. The predicted molar refractivity (Wildman–Crippen MR) is 240 cm³/mol. The molecular weight excluding hydrogens is 711 g/mol. The van der Waals surface area contributed by atoms with Crippen LogP contribution in [0.3, 0.4) is 0 Å². The number of unbranched alkanes of at least 4 members (excludes halogenated alkanes) is 12. The maximum absolute atomic E-state index is 12.9. The van der Waals surface area contributed by atoms with Gasteiger partial charge < -0.3 is 5.53 Å². The molecule has 0 bridgehead atoms. The van der Waals surface area contributed by atoms with Gasteiger partial charge in [-0.25, -0.2) is 4.70 Å². The normalized spacial score (nSPS) is 13.1. The maximum Gasteiger partial charge on any atom is 0.211 e. The van der Waals surface area contributed by atoms with Gasteiger partial charge in [0.15, 0.2) is 0 Å². The van der Waals surface area contributed by atoms with E-state index in [1.807, 2.05) is 0 Å². The molecule has 0 spiro atoms. The number of aryl methyl sites for hydroxylation is 4. The summed E-state index contributed by atoms with van der Waals surface area (Å²) < 4.78 is 1.72. The van der Waals surface area contributed by atoms with Gasteiger partial charge in [-0.15, -0.1) is 0 Å². The Morgan fingerprint density at radius 1 is 0.345 bits per heavy atom. The Bertz CT molecular complexity index is 1420. The number of rotatable bonds is 30. The Morgan fingerprint density at radius 3 is 0.964 bits per heavy atom. The standard InChI is InChI=1S/C52H84N2.Ni/c1-9-17-25-26-27-28-36-50-49(35-24-16-8)51(45-37-41(29-18-10-2)47(33-22-14-6)42(38-45)30-19-11-3)54(53)52(50)46-39-43(31-20-12-4)48(34-23-15-7)44(40-46)32-21-13-5;/h37-40H,9-36H2,1-8H3;. The summed E-state index contributed by atoms with van der Waals surface area (Å²) >= 11 is 0. The summed E-state index contributed by atoms with van der Waals surface area (Å²) in [5.74, 6) is 0. The van der Waals surface area contributed by atoms with Gasteiger partial charge in [-0.3, -0.25) is 0 Å². The molecule has 0 N–H and O–H groups in total. The van der Waals surface area contributed by atoms with Crippen LogP contribution in [0.2, 0.25) is 0 Å². The third kappa shape index (κ3) is 14.7. The molecule has 0 radical (unpaired) electrons. The van der Waals surface area contributed by atoms with Crippen molar-refractivity contribution in [2.24, 2.45) is 0 Å². The summed E-state index contributed by atoms with van der Waals surface area (Å²) in [6.07, 6.45) is 33.7. The largest absolute Gasteiger partial charge is 0.493 e. The van der Waals surface area contributed by atoms with E-state index in [1.54, 1.807) is 38.1 Å². The molecule has 55 heavy (non-hydrogen) atoms. The third-order valence-corrected chi connectivity index (χ3v) is 12.1. The number of hydrogen-bond acceptors (Lipinski definition) is 0. The quantitative estimate of drug-likeness (QED) is 0.0428. The summed E-state index contributed by atoms with van der Waals surface area (Å²) in [5, 5.41) is 0. The summed E-state index contributed by atoms with van der Waals surface area (Å²) in [6, 6.07) is 10.1. The second-order valence-corrected chi connectivity index (χ2v) is 16.8. The molecule has 0 aliphatic carbocycles. The van der Waals surface area contributed by atoms with Gasteiger partial charge >= 0.3 is 0 Å². The number of allylic oxidation sites excluding steroid dienone is 2. The SMILES string of the molecule is CCCCCCCCC1=C(c2cc(CCCC)c(CCCC)c(CCCC)c2)[N+](=[N-])C(c2cc(CCCC)c(CCCC)c(CCCC)c2)=C1CCCC.[Ni]. The Balaban J connectivity index is 0.0000105. The van der Waals surface area contributed by atoms with Gasteiger partial charge in [0.25, 0.3) is 0 Å². The summed E-state index contributed by atoms with van der Waals surface area (Å²) in [4.78, 5) is 0. The van der Waals surface area contributed by atoms with Crippen LogP contribution in [-0.4, -0.2) is 4.70 Å². The van der Waals surface area contributed by atoms with Crippen LogP contribution in [0.15, 0.2) is 35.4 Å². The van der Waals surface area contributed by atoms with Gasteiger partial charge in [-0.1, -0.05) is 132 Å². The minimum atomic E-state index is 0. The zero-order valence-corrected chi connectivity index (χ0v) is 38.3. The van der Waals surface area contributed by atoms with Crippen molar-refractivity contribution in [3.05, 3.63) is 85.5 Å². The van der Waals surface area contributed by atoms with Gasteiger partial charge in [0, 0.05) is 38.8 Å². The minimum Gasteiger partial charge on any atom is -0.493 e. The topological polar surface area (TPSA) is 25.3 Å². The van der Waals surface area contributed by atoms with Crippen molar-refractivity contribution in [1.29, 1.82) is 0 Å². The fraction of sp³-hybridized carbons (Fsp3) is 0.692. The fourth-order valence-electron chi connectivity index (χ4n) is 8.80. The molecular formula is C52H84N2Ni. The van der Waals surface area contributed by atoms with E-state index in [0.717, 1.165) is 62.8 Å². The molecule has 3 rings (SSSR count). The average Bonchev–Trinajstić information content (AvgIpc) is 3.46. The molecule has 0 amide bonds. The van der Waals surface area contributed by atoms with Gasteiger partial charge in [0.2, 0.25) is 11.4 Å². The van der Waals surface area contributed by atoms with Crippen molar-refractivity contribution in [1.82, 2.24) is 0 Å². The van der Waals surface area contributed by atoms with Crippen molar-refractivity contribution in [2.45, 2.75) is 235 Å². The smallest absolute Gasteiger partial charge is 0.211 e. The molecule has 3 heteroatoms. The molecule has 0 saturated carbocycles. The van der Waals surface area contributed by atoms with Gasteiger partial charge in [0.1, 0.15) is 0 Å². The van der Waals surface area contributed by atoms with Gasteiger partial charge in [-0.05, 0) is 160 Å². The predicted octanol–water partition coefficient (Wildman–Crippen LogP) is 16.9. The Labute approximate surface area is 351 Å². The minimum absolute atomic E-state index is 0. The van der Waals surface area contributed by atoms with Crippen molar-refractivity contribution in [2.75, 3.05) is 0 Å².